The highest BCUT2D eigenvalue weighted by molar-refractivity contribution is 7.13. The zero-order chi connectivity index (χ0) is 18.8. The predicted octanol–water partition coefficient (Wildman–Crippen LogP) is 3.82. The van der Waals surface area contributed by atoms with Gasteiger partial charge < -0.3 is 10.6 Å². The number of nitrogens with one attached hydrogen (secondary N) is 2. The van der Waals surface area contributed by atoms with Crippen molar-refractivity contribution in [2.75, 3.05) is 10.6 Å². The number of nitro groups is 1. The lowest BCUT2D eigenvalue weighted by Gasteiger charge is -2.15. The van der Waals surface area contributed by atoms with Crippen LogP contribution in [-0.2, 0) is 11.0 Å². The van der Waals surface area contributed by atoms with E-state index in [0.717, 1.165) is 11.8 Å². The summed E-state index contributed by atoms with van der Waals surface area (Å²) in [6, 6.07) is 1.14. The minimum absolute atomic E-state index is 0.184. The highest BCUT2D eigenvalue weighted by atomic mass is 32.1. The van der Waals surface area contributed by atoms with E-state index in [-0.39, 0.29) is 5.69 Å². The molecule has 134 valence electrons. The zero-order valence-electron chi connectivity index (χ0n) is 13.0. The molecular formula is C14H13F3N4O3S. The summed E-state index contributed by atoms with van der Waals surface area (Å²) in [5.41, 5.74) is -1.37. The largest absolute Gasteiger partial charge is 0.416 e. The fraction of sp³-hybridized carbons (Fsp3) is 0.286. The van der Waals surface area contributed by atoms with Gasteiger partial charge in [-0.25, -0.2) is 4.98 Å². The first-order chi connectivity index (χ1) is 11.6. The summed E-state index contributed by atoms with van der Waals surface area (Å²) in [5.74, 6) is -0.524. The molecule has 0 spiro atoms. The number of aromatic nitrogens is 1. The molecule has 0 unspecified atom stereocenters. The summed E-state index contributed by atoms with van der Waals surface area (Å²) in [4.78, 5) is 26.2. The maximum Gasteiger partial charge on any atom is 0.416 e. The molecule has 0 saturated heterocycles. The van der Waals surface area contributed by atoms with Crippen LogP contribution in [0.2, 0.25) is 0 Å². The predicted molar refractivity (Wildman–Crippen MR) is 86.7 cm³/mol. The van der Waals surface area contributed by atoms with Crippen molar-refractivity contribution in [1.82, 2.24) is 4.98 Å². The lowest BCUT2D eigenvalue weighted by atomic mass is 10.1. The highest BCUT2D eigenvalue weighted by Crippen LogP contribution is 2.35. The summed E-state index contributed by atoms with van der Waals surface area (Å²) in [6.45, 7) is 3.18. The molecule has 7 nitrogen and oxygen atoms in total. The molecule has 0 saturated carbocycles. The Morgan fingerprint density at radius 1 is 1.40 bits per heavy atom. The van der Waals surface area contributed by atoms with Gasteiger partial charge >= 0.3 is 6.18 Å². The SMILES string of the molecule is Cc1csc(NC(=O)[C@H](C)Nc2ccc(C(F)(F)F)cc2[N+](=O)[O-])n1. The van der Waals surface area contributed by atoms with Crippen molar-refractivity contribution >= 4 is 33.8 Å². The van der Waals surface area contributed by atoms with Crippen LogP contribution in [0.25, 0.3) is 0 Å². The van der Waals surface area contributed by atoms with Crippen molar-refractivity contribution in [1.29, 1.82) is 0 Å². The second-order valence-corrected chi connectivity index (χ2v) is 5.99. The molecule has 0 aliphatic heterocycles. The van der Waals surface area contributed by atoms with E-state index in [1.54, 1.807) is 12.3 Å². The Hall–Kier alpha value is -2.69. The summed E-state index contributed by atoms with van der Waals surface area (Å²) in [5, 5.41) is 18.2. The monoisotopic (exact) mass is 374 g/mol. The number of rotatable bonds is 5. The molecule has 0 bridgehead atoms. The molecule has 25 heavy (non-hydrogen) atoms. The van der Waals surface area contributed by atoms with Crippen molar-refractivity contribution in [3.63, 3.8) is 0 Å². The Balaban J connectivity index is 2.17. The van der Waals surface area contributed by atoms with Gasteiger partial charge in [-0.1, -0.05) is 0 Å². The average Bonchev–Trinajstić information content (AvgIpc) is 2.91. The number of halogens is 3. The van der Waals surface area contributed by atoms with Crippen LogP contribution < -0.4 is 10.6 Å². The highest BCUT2D eigenvalue weighted by Gasteiger charge is 2.33. The van der Waals surface area contributed by atoms with Gasteiger partial charge in [0.25, 0.3) is 5.69 Å². The third-order valence-corrected chi connectivity index (χ3v) is 4.01. The fourth-order valence-electron chi connectivity index (χ4n) is 1.90. The average molecular weight is 374 g/mol. The topological polar surface area (TPSA) is 97.2 Å². The van der Waals surface area contributed by atoms with Crippen LogP contribution in [0.15, 0.2) is 23.6 Å². The van der Waals surface area contributed by atoms with Gasteiger partial charge in [0.1, 0.15) is 11.7 Å². The Morgan fingerprint density at radius 3 is 2.60 bits per heavy atom. The maximum absolute atomic E-state index is 12.7. The number of nitrogens with zero attached hydrogens (tertiary/aromatic N) is 2. The number of anilines is 2. The van der Waals surface area contributed by atoms with Crippen LogP contribution in [0.1, 0.15) is 18.2 Å². The number of benzene rings is 1. The number of alkyl halides is 3. The van der Waals surface area contributed by atoms with Gasteiger partial charge in [-0.05, 0) is 26.0 Å². The van der Waals surface area contributed by atoms with Crippen molar-refractivity contribution in [2.45, 2.75) is 26.1 Å². The Morgan fingerprint density at radius 2 is 2.08 bits per heavy atom. The van der Waals surface area contributed by atoms with Gasteiger partial charge in [-0.3, -0.25) is 14.9 Å². The van der Waals surface area contributed by atoms with Gasteiger partial charge in [0, 0.05) is 11.4 Å². The number of thiazole rings is 1. The third-order valence-electron chi connectivity index (χ3n) is 3.14. The van der Waals surface area contributed by atoms with Crippen LogP contribution in [-0.4, -0.2) is 21.9 Å². The van der Waals surface area contributed by atoms with E-state index in [0.29, 0.717) is 17.3 Å². The molecule has 1 amide bonds. The van der Waals surface area contributed by atoms with Crippen LogP contribution in [0.3, 0.4) is 0 Å². The summed E-state index contributed by atoms with van der Waals surface area (Å²) >= 11 is 1.21. The summed E-state index contributed by atoms with van der Waals surface area (Å²) in [7, 11) is 0. The number of carbonyl (C=O) groups is 1. The van der Waals surface area contributed by atoms with E-state index < -0.39 is 34.3 Å². The smallest absolute Gasteiger partial charge is 0.368 e. The molecule has 1 heterocycles. The summed E-state index contributed by atoms with van der Waals surface area (Å²) < 4.78 is 38.1. The van der Waals surface area contributed by atoms with E-state index >= 15 is 0 Å². The Kier molecular flexibility index (Phi) is 5.26. The van der Waals surface area contributed by atoms with Crippen LogP contribution in [0.4, 0.5) is 29.7 Å². The molecule has 2 rings (SSSR count). The van der Waals surface area contributed by atoms with E-state index in [1.165, 1.54) is 18.3 Å². The van der Waals surface area contributed by atoms with Crippen molar-refractivity contribution in [3.8, 4) is 0 Å². The van der Waals surface area contributed by atoms with Crippen LogP contribution in [0.5, 0.6) is 0 Å². The number of carbonyl (C=O) groups excluding carboxylic acids is 1. The number of hydrogen-bond donors (Lipinski definition) is 2. The summed E-state index contributed by atoms with van der Waals surface area (Å²) in [6.07, 6.45) is -4.70. The fourth-order valence-corrected chi connectivity index (χ4v) is 2.60. The normalized spacial score (nSPS) is 12.5. The first kappa shape index (κ1) is 18.6. The van der Waals surface area contributed by atoms with Crippen LogP contribution in [0, 0.1) is 17.0 Å². The van der Waals surface area contributed by atoms with Crippen molar-refractivity contribution in [3.05, 3.63) is 45.0 Å². The van der Waals surface area contributed by atoms with Crippen molar-refractivity contribution in [2.24, 2.45) is 0 Å². The lowest BCUT2D eigenvalue weighted by molar-refractivity contribution is -0.384. The van der Waals surface area contributed by atoms with Crippen molar-refractivity contribution < 1.29 is 22.9 Å². The number of amides is 1. The molecule has 2 aromatic rings. The van der Waals surface area contributed by atoms with E-state index in [4.69, 9.17) is 0 Å². The molecule has 0 aliphatic rings. The first-order valence-electron chi connectivity index (χ1n) is 6.93. The van der Waals surface area contributed by atoms with Gasteiger partial charge in [-0.15, -0.1) is 11.3 Å². The lowest BCUT2D eigenvalue weighted by Crippen LogP contribution is -2.32. The van der Waals surface area contributed by atoms with Gasteiger partial charge in [0.05, 0.1) is 16.2 Å². The molecule has 1 atom stereocenters. The zero-order valence-corrected chi connectivity index (χ0v) is 13.9. The second kappa shape index (κ2) is 7.05. The minimum atomic E-state index is -4.70. The standard InChI is InChI=1S/C14H13F3N4O3S/c1-7-6-25-13(18-7)20-12(22)8(2)19-10-4-3-9(14(15,16)17)5-11(10)21(23)24/h3-6,8,19H,1-2H3,(H,18,20,22)/t8-/m0/s1. The second-order valence-electron chi connectivity index (χ2n) is 5.14. The first-order valence-corrected chi connectivity index (χ1v) is 7.81. The molecule has 0 radical (unpaired) electrons. The minimum Gasteiger partial charge on any atom is -0.368 e. The molecule has 1 aromatic carbocycles. The van der Waals surface area contributed by atoms with Crippen LogP contribution >= 0.6 is 11.3 Å². The molecular weight excluding hydrogens is 361 g/mol. The molecule has 0 fully saturated rings. The Bertz CT molecular complexity index is 807. The van der Waals surface area contributed by atoms with E-state index in [1.807, 2.05) is 0 Å². The molecule has 11 heteroatoms. The molecule has 0 aliphatic carbocycles. The van der Waals surface area contributed by atoms with E-state index in [2.05, 4.69) is 15.6 Å². The van der Waals surface area contributed by atoms with E-state index in [9.17, 15) is 28.1 Å². The van der Waals surface area contributed by atoms with Gasteiger partial charge in [0.2, 0.25) is 5.91 Å². The molecule has 2 N–H and O–H groups in total. The van der Waals surface area contributed by atoms with Gasteiger partial charge in [-0.2, -0.15) is 13.2 Å². The third kappa shape index (κ3) is 4.66. The number of hydrogen-bond acceptors (Lipinski definition) is 6. The number of nitro benzene ring substituents is 1. The molecule has 1 aromatic heterocycles. The van der Waals surface area contributed by atoms with Gasteiger partial charge in [0.15, 0.2) is 5.13 Å². The number of aryl methyl sites for hydroxylation is 1. The quantitative estimate of drug-likeness (QED) is 0.613. The maximum atomic E-state index is 12.7. The Labute approximate surface area is 144 Å².